The molecule has 2 N–H and O–H groups in total. The Labute approximate surface area is 129 Å². The highest BCUT2D eigenvalue weighted by atomic mass is 32.2. The van der Waals surface area contributed by atoms with Crippen molar-refractivity contribution < 1.29 is 13.0 Å². The van der Waals surface area contributed by atoms with E-state index in [1.807, 2.05) is 14.0 Å². The van der Waals surface area contributed by atoms with Crippen LogP contribution in [0.4, 0.5) is 0 Å². The fourth-order valence-corrected chi connectivity index (χ4v) is 2.04. The van der Waals surface area contributed by atoms with Gasteiger partial charge >= 0.3 is 0 Å². The molecular formula is C16H27NO3S. The predicted molar refractivity (Wildman–Crippen MR) is 88.2 cm³/mol. The van der Waals surface area contributed by atoms with Crippen molar-refractivity contribution in [1.82, 2.24) is 5.32 Å². The normalized spacial score (nSPS) is 11.2. The first-order valence-corrected chi connectivity index (χ1v) is 8.69. The lowest BCUT2D eigenvalue weighted by Crippen LogP contribution is -2.06. The van der Waals surface area contributed by atoms with Crippen LogP contribution in [0.25, 0.3) is 0 Å². The molecule has 0 radical (unpaired) electrons. The van der Waals surface area contributed by atoms with E-state index in [1.165, 1.54) is 37.8 Å². The van der Waals surface area contributed by atoms with Crippen molar-refractivity contribution in [3.8, 4) is 0 Å². The molecule has 0 aliphatic carbocycles. The molecule has 0 heterocycles. The van der Waals surface area contributed by atoms with Crippen LogP contribution in [-0.2, 0) is 10.1 Å². The average Bonchev–Trinajstić information content (AvgIpc) is 2.43. The Morgan fingerprint density at radius 2 is 1.76 bits per heavy atom. The molecule has 0 bridgehead atoms. The van der Waals surface area contributed by atoms with Gasteiger partial charge in [-0.05, 0) is 58.3 Å². The van der Waals surface area contributed by atoms with Gasteiger partial charge in [0.1, 0.15) is 0 Å². The van der Waals surface area contributed by atoms with Gasteiger partial charge in [0.25, 0.3) is 10.1 Å². The Bertz CT molecular complexity index is 493. The number of unbranched alkanes of at least 4 members (excludes halogenated alkanes) is 2. The van der Waals surface area contributed by atoms with Crippen molar-refractivity contribution in [3.63, 3.8) is 0 Å². The second kappa shape index (κ2) is 11.5. The predicted octanol–water partition coefficient (Wildman–Crippen LogP) is 3.58. The topological polar surface area (TPSA) is 66.4 Å². The fraction of sp³-hybridized carbons (Fsp3) is 0.500. The maximum atomic E-state index is 10.5. The van der Waals surface area contributed by atoms with E-state index in [4.69, 9.17) is 4.55 Å². The molecule has 1 aromatic carbocycles. The van der Waals surface area contributed by atoms with E-state index in [9.17, 15) is 8.42 Å². The number of rotatable bonds is 7. The van der Waals surface area contributed by atoms with Crippen LogP contribution < -0.4 is 5.32 Å². The number of hydrogen-bond acceptors (Lipinski definition) is 3. The minimum atomic E-state index is -4.02. The van der Waals surface area contributed by atoms with E-state index >= 15 is 0 Å². The summed E-state index contributed by atoms with van der Waals surface area (Å²) in [5.74, 6) is 0. The minimum Gasteiger partial charge on any atom is -0.320 e. The molecule has 5 heteroatoms. The number of allylic oxidation sites excluding steroid dienone is 2. The zero-order chi connectivity index (χ0) is 16.1. The Kier molecular flexibility index (Phi) is 10.8. The van der Waals surface area contributed by atoms with Crippen LogP contribution in [0.3, 0.4) is 0 Å². The Morgan fingerprint density at radius 1 is 1.14 bits per heavy atom. The third-order valence-electron chi connectivity index (χ3n) is 2.77. The number of benzene rings is 1. The standard InChI is InChI=1S/C9H19N.C7H8O3S/c1-3-4-5-6-7-8-9-10-2;1-6-2-4-7(5-3-6)11(8,9)10/h4-5,10H,3,6-9H2,1-2H3;2-5H,1H3,(H,8,9,10)/b5-4+;. The summed E-state index contributed by atoms with van der Waals surface area (Å²) >= 11 is 0. The molecule has 0 amide bonds. The van der Waals surface area contributed by atoms with Crippen LogP contribution in [0.1, 0.15) is 38.2 Å². The van der Waals surface area contributed by atoms with Gasteiger partial charge in [-0.1, -0.05) is 36.8 Å². The molecule has 4 nitrogen and oxygen atoms in total. The number of nitrogens with one attached hydrogen (secondary N) is 1. The van der Waals surface area contributed by atoms with Gasteiger partial charge in [-0.2, -0.15) is 8.42 Å². The summed E-state index contributed by atoms with van der Waals surface area (Å²) in [4.78, 5) is -0.0666. The number of aryl methyl sites for hydroxylation is 1. The first-order valence-electron chi connectivity index (χ1n) is 7.25. The lowest BCUT2D eigenvalue weighted by molar-refractivity contribution is 0.483. The molecule has 21 heavy (non-hydrogen) atoms. The quantitative estimate of drug-likeness (QED) is 0.459. The average molecular weight is 313 g/mol. The summed E-state index contributed by atoms with van der Waals surface area (Å²) in [6.07, 6.45) is 9.54. The molecule has 0 aromatic heterocycles. The molecule has 0 spiro atoms. The van der Waals surface area contributed by atoms with Crippen molar-refractivity contribution in [2.24, 2.45) is 0 Å². The smallest absolute Gasteiger partial charge is 0.294 e. The molecule has 0 atom stereocenters. The lowest BCUT2D eigenvalue weighted by Gasteiger charge is -1.95. The fourth-order valence-electron chi connectivity index (χ4n) is 1.56. The highest BCUT2D eigenvalue weighted by molar-refractivity contribution is 7.85. The van der Waals surface area contributed by atoms with Gasteiger partial charge in [0.15, 0.2) is 0 Å². The van der Waals surface area contributed by atoms with E-state index in [1.54, 1.807) is 12.1 Å². The maximum Gasteiger partial charge on any atom is 0.294 e. The molecule has 0 unspecified atom stereocenters. The van der Waals surface area contributed by atoms with Crippen LogP contribution in [0.2, 0.25) is 0 Å². The Balaban J connectivity index is 0.000000384. The summed E-state index contributed by atoms with van der Waals surface area (Å²) in [7, 11) is -2.02. The highest BCUT2D eigenvalue weighted by Gasteiger charge is 2.06. The SMILES string of the molecule is CC/C=C/CCCCNC.Cc1ccc(S(=O)(=O)O)cc1. The van der Waals surface area contributed by atoms with Gasteiger partial charge in [-0.15, -0.1) is 0 Å². The van der Waals surface area contributed by atoms with Gasteiger partial charge in [0, 0.05) is 0 Å². The lowest BCUT2D eigenvalue weighted by atomic mass is 10.2. The zero-order valence-electron chi connectivity index (χ0n) is 13.2. The van der Waals surface area contributed by atoms with Crippen LogP contribution in [-0.4, -0.2) is 26.6 Å². The molecular weight excluding hydrogens is 286 g/mol. The molecule has 120 valence electrons. The molecule has 0 saturated heterocycles. The van der Waals surface area contributed by atoms with E-state index in [2.05, 4.69) is 24.4 Å². The summed E-state index contributed by atoms with van der Waals surface area (Å²) < 4.78 is 29.6. The summed E-state index contributed by atoms with van der Waals surface area (Å²) in [6, 6.07) is 5.99. The van der Waals surface area contributed by atoms with Crippen molar-refractivity contribution in [3.05, 3.63) is 42.0 Å². The highest BCUT2D eigenvalue weighted by Crippen LogP contribution is 2.08. The summed E-state index contributed by atoms with van der Waals surface area (Å²) in [5, 5.41) is 3.13. The third-order valence-corrected chi connectivity index (χ3v) is 3.64. The first kappa shape index (κ1) is 19.8. The summed E-state index contributed by atoms with van der Waals surface area (Å²) in [6.45, 7) is 5.16. The summed E-state index contributed by atoms with van der Waals surface area (Å²) in [5.41, 5.74) is 0.956. The Hall–Kier alpha value is -1.17. The van der Waals surface area contributed by atoms with E-state index in [0.29, 0.717) is 0 Å². The van der Waals surface area contributed by atoms with Crippen molar-refractivity contribution in [2.75, 3.05) is 13.6 Å². The van der Waals surface area contributed by atoms with E-state index in [-0.39, 0.29) is 4.90 Å². The van der Waals surface area contributed by atoms with Gasteiger partial charge < -0.3 is 5.32 Å². The second-order valence-corrected chi connectivity index (χ2v) is 6.19. The monoisotopic (exact) mass is 313 g/mol. The molecule has 1 aromatic rings. The molecule has 0 aliphatic heterocycles. The van der Waals surface area contributed by atoms with Crippen molar-refractivity contribution >= 4 is 10.1 Å². The van der Waals surface area contributed by atoms with E-state index in [0.717, 1.165) is 12.1 Å². The van der Waals surface area contributed by atoms with Crippen LogP contribution in [0.5, 0.6) is 0 Å². The molecule has 0 saturated carbocycles. The number of hydrogen-bond donors (Lipinski definition) is 2. The van der Waals surface area contributed by atoms with Gasteiger partial charge in [-0.3, -0.25) is 4.55 Å². The van der Waals surface area contributed by atoms with Gasteiger partial charge in [0.05, 0.1) is 4.90 Å². The third kappa shape index (κ3) is 11.2. The van der Waals surface area contributed by atoms with Gasteiger partial charge in [-0.25, -0.2) is 0 Å². The Morgan fingerprint density at radius 3 is 2.24 bits per heavy atom. The minimum absolute atomic E-state index is 0.0666. The first-order chi connectivity index (χ1) is 9.91. The van der Waals surface area contributed by atoms with Crippen LogP contribution in [0.15, 0.2) is 41.3 Å². The van der Waals surface area contributed by atoms with E-state index < -0.39 is 10.1 Å². The van der Waals surface area contributed by atoms with Gasteiger partial charge in [0.2, 0.25) is 0 Å². The maximum absolute atomic E-state index is 10.5. The largest absolute Gasteiger partial charge is 0.320 e. The van der Waals surface area contributed by atoms with Crippen molar-refractivity contribution in [1.29, 1.82) is 0 Å². The van der Waals surface area contributed by atoms with Crippen LogP contribution in [0, 0.1) is 6.92 Å². The molecule has 0 aliphatic rings. The second-order valence-electron chi connectivity index (χ2n) is 4.77. The van der Waals surface area contributed by atoms with Crippen LogP contribution >= 0.6 is 0 Å². The van der Waals surface area contributed by atoms with Crippen molar-refractivity contribution in [2.45, 2.75) is 44.4 Å². The molecule has 0 fully saturated rings. The molecule has 1 rings (SSSR count). The zero-order valence-corrected chi connectivity index (χ0v) is 14.0.